The van der Waals surface area contributed by atoms with Gasteiger partial charge in [0, 0.05) is 25.5 Å². The van der Waals surface area contributed by atoms with Crippen molar-refractivity contribution >= 4 is 5.91 Å². The highest BCUT2D eigenvalue weighted by Crippen LogP contribution is 2.29. The third kappa shape index (κ3) is 4.25. The van der Waals surface area contributed by atoms with E-state index in [1.165, 1.54) is 6.07 Å². The molecule has 3 N–H and O–H groups in total. The lowest BCUT2D eigenvalue weighted by atomic mass is 10.1. The molecule has 1 aromatic heterocycles. The Hall–Kier alpha value is -2.32. The predicted molar refractivity (Wildman–Crippen MR) is 91.0 cm³/mol. The van der Waals surface area contributed by atoms with Crippen LogP contribution in [0.15, 0.2) is 42.6 Å². The molecule has 5 nitrogen and oxygen atoms in total. The number of hydrazine groups is 1. The summed E-state index contributed by atoms with van der Waals surface area (Å²) < 4.78 is 40.1. The van der Waals surface area contributed by atoms with E-state index >= 15 is 0 Å². The number of carbonyl (C=O) groups excluding carboxylic acids is 1. The zero-order valence-electron chi connectivity index (χ0n) is 14.3. The maximum absolute atomic E-state index is 12.7. The minimum atomic E-state index is -4.36. The number of alkyl halides is 3. The Morgan fingerprint density at radius 1 is 1.27 bits per heavy atom. The van der Waals surface area contributed by atoms with Gasteiger partial charge in [0.1, 0.15) is 6.04 Å². The van der Waals surface area contributed by atoms with Gasteiger partial charge in [0.2, 0.25) is 5.91 Å². The lowest BCUT2D eigenvalue weighted by Crippen LogP contribution is -2.43. The van der Waals surface area contributed by atoms with Crippen molar-refractivity contribution in [3.63, 3.8) is 0 Å². The van der Waals surface area contributed by atoms with Crippen LogP contribution in [0.5, 0.6) is 0 Å². The van der Waals surface area contributed by atoms with Crippen LogP contribution in [0.2, 0.25) is 0 Å². The predicted octanol–water partition coefficient (Wildman–Crippen LogP) is 2.31. The van der Waals surface area contributed by atoms with Crippen molar-refractivity contribution in [2.75, 3.05) is 6.54 Å². The van der Waals surface area contributed by atoms with E-state index in [0.29, 0.717) is 18.4 Å². The number of benzene rings is 1. The zero-order valence-corrected chi connectivity index (χ0v) is 14.3. The number of hydrogen-bond donors (Lipinski definition) is 3. The Labute approximate surface area is 149 Å². The van der Waals surface area contributed by atoms with Gasteiger partial charge in [0.15, 0.2) is 0 Å². The van der Waals surface area contributed by atoms with Crippen LogP contribution < -0.4 is 16.2 Å². The first-order chi connectivity index (χ1) is 12.3. The van der Waals surface area contributed by atoms with Gasteiger partial charge in [-0.3, -0.25) is 4.79 Å². The molecule has 2 aromatic rings. The highest BCUT2D eigenvalue weighted by atomic mass is 19.4. The molecule has 8 heteroatoms. The van der Waals surface area contributed by atoms with Crippen LogP contribution in [-0.2, 0) is 24.4 Å². The maximum Gasteiger partial charge on any atom is 0.416 e. The van der Waals surface area contributed by atoms with Gasteiger partial charge in [-0.05, 0) is 36.6 Å². The summed E-state index contributed by atoms with van der Waals surface area (Å²) in [6.07, 6.45) is -1.46. The van der Waals surface area contributed by atoms with Gasteiger partial charge in [-0.25, -0.2) is 10.9 Å². The van der Waals surface area contributed by atoms with Gasteiger partial charge in [-0.15, -0.1) is 0 Å². The van der Waals surface area contributed by atoms with Crippen LogP contribution in [0.1, 0.15) is 29.3 Å². The Bertz CT molecular complexity index is 772. The van der Waals surface area contributed by atoms with Crippen LogP contribution in [0.3, 0.4) is 0 Å². The smallest absolute Gasteiger partial charge is 0.354 e. The summed E-state index contributed by atoms with van der Waals surface area (Å²) in [5, 5.41) is 2.78. The van der Waals surface area contributed by atoms with Crippen LogP contribution in [0, 0.1) is 0 Å². The van der Waals surface area contributed by atoms with Gasteiger partial charge in [-0.2, -0.15) is 13.2 Å². The van der Waals surface area contributed by atoms with E-state index in [9.17, 15) is 18.0 Å². The van der Waals surface area contributed by atoms with E-state index in [1.807, 2.05) is 29.9 Å². The first-order valence-corrected chi connectivity index (χ1v) is 8.41. The molecule has 1 fully saturated rings. The van der Waals surface area contributed by atoms with E-state index in [1.54, 1.807) is 6.07 Å². The molecule has 26 heavy (non-hydrogen) atoms. The first kappa shape index (κ1) is 18.5. The number of amides is 1. The quantitative estimate of drug-likeness (QED) is 0.761. The largest absolute Gasteiger partial charge is 0.416 e. The van der Waals surface area contributed by atoms with Crippen molar-refractivity contribution in [2.45, 2.75) is 31.1 Å². The van der Waals surface area contributed by atoms with Crippen LogP contribution in [-0.4, -0.2) is 23.1 Å². The van der Waals surface area contributed by atoms with Crippen LogP contribution >= 0.6 is 0 Å². The number of hydrogen-bond acceptors (Lipinski definition) is 3. The molecule has 2 unspecified atom stereocenters. The van der Waals surface area contributed by atoms with Crippen LogP contribution in [0.25, 0.3) is 0 Å². The first-order valence-electron chi connectivity index (χ1n) is 8.41. The molecule has 1 saturated heterocycles. The fraction of sp³-hybridized carbons (Fsp3) is 0.389. The summed E-state index contributed by atoms with van der Waals surface area (Å²) in [6, 6.07) is 8.76. The molecule has 0 radical (unpaired) electrons. The Morgan fingerprint density at radius 3 is 2.77 bits per heavy atom. The van der Waals surface area contributed by atoms with E-state index in [2.05, 4.69) is 16.2 Å². The fourth-order valence-electron chi connectivity index (χ4n) is 3.11. The minimum Gasteiger partial charge on any atom is -0.354 e. The van der Waals surface area contributed by atoms with E-state index in [4.69, 9.17) is 0 Å². The number of halogens is 3. The molecule has 140 valence electrons. The van der Waals surface area contributed by atoms with Gasteiger partial charge in [0.05, 0.1) is 11.6 Å². The van der Waals surface area contributed by atoms with Crippen molar-refractivity contribution in [2.24, 2.45) is 7.05 Å². The molecule has 1 aliphatic rings. The van der Waals surface area contributed by atoms with E-state index < -0.39 is 11.7 Å². The van der Waals surface area contributed by atoms with E-state index in [0.717, 1.165) is 17.8 Å². The van der Waals surface area contributed by atoms with Gasteiger partial charge >= 0.3 is 6.18 Å². The molecule has 0 bridgehead atoms. The second-order valence-electron chi connectivity index (χ2n) is 6.41. The highest BCUT2D eigenvalue weighted by Gasteiger charge is 2.31. The summed E-state index contributed by atoms with van der Waals surface area (Å²) in [5.74, 6) is -0.166. The second-order valence-corrected chi connectivity index (χ2v) is 6.41. The SMILES string of the molecule is Cn1cccc1C1CC(C(=O)NCCc2cccc(C(F)(F)F)c2)NN1. The Morgan fingerprint density at radius 2 is 2.08 bits per heavy atom. The summed E-state index contributed by atoms with van der Waals surface area (Å²) in [7, 11) is 1.94. The van der Waals surface area contributed by atoms with Crippen LogP contribution in [0.4, 0.5) is 13.2 Å². The molecule has 0 saturated carbocycles. The van der Waals surface area contributed by atoms with E-state index in [-0.39, 0.29) is 24.5 Å². The third-order valence-corrected chi connectivity index (χ3v) is 4.53. The number of nitrogens with zero attached hydrogens (tertiary/aromatic N) is 1. The van der Waals surface area contributed by atoms with Crippen molar-refractivity contribution in [3.8, 4) is 0 Å². The summed E-state index contributed by atoms with van der Waals surface area (Å²) in [4.78, 5) is 12.3. The Balaban J connectivity index is 1.49. The number of aromatic nitrogens is 1. The zero-order chi connectivity index (χ0) is 18.7. The van der Waals surface area contributed by atoms with Crippen molar-refractivity contribution in [1.29, 1.82) is 0 Å². The molecule has 1 aromatic carbocycles. The lowest BCUT2D eigenvalue weighted by molar-refractivity contribution is -0.137. The fourth-order valence-corrected chi connectivity index (χ4v) is 3.11. The lowest BCUT2D eigenvalue weighted by Gasteiger charge is -2.12. The van der Waals surface area contributed by atoms with Crippen molar-refractivity contribution in [3.05, 3.63) is 59.4 Å². The molecule has 1 amide bonds. The van der Waals surface area contributed by atoms with Crippen molar-refractivity contribution < 1.29 is 18.0 Å². The second kappa shape index (κ2) is 7.51. The number of rotatable bonds is 5. The number of carbonyl (C=O) groups is 1. The van der Waals surface area contributed by atoms with Gasteiger partial charge < -0.3 is 9.88 Å². The molecule has 2 atom stereocenters. The molecular formula is C18H21F3N4O. The topological polar surface area (TPSA) is 58.1 Å². The van der Waals surface area contributed by atoms with Gasteiger partial charge in [0.25, 0.3) is 0 Å². The molecule has 1 aliphatic heterocycles. The van der Waals surface area contributed by atoms with Crippen molar-refractivity contribution in [1.82, 2.24) is 20.7 Å². The number of nitrogens with one attached hydrogen (secondary N) is 3. The minimum absolute atomic E-state index is 0.0363. The highest BCUT2D eigenvalue weighted by molar-refractivity contribution is 5.82. The summed E-state index contributed by atoms with van der Waals surface area (Å²) >= 11 is 0. The van der Waals surface area contributed by atoms with Gasteiger partial charge in [-0.1, -0.05) is 18.2 Å². The molecule has 0 aliphatic carbocycles. The summed E-state index contributed by atoms with van der Waals surface area (Å²) in [6.45, 7) is 0.285. The molecule has 3 rings (SSSR count). The average molecular weight is 366 g/mol. The number of aryl methyl sites for hydroxylation is 1. The summed E-state index contributed by atoms with van der Waals surface area (Å²) in [5.41, 5.74) is 7.03. The monoisotopic (exact) mass is 366 g/mol. The molecular weight excluding hydrogens is 345 g/mol. The molecule has 2 heterocycles. The third-order valence-electron chi connectivity index (χ3n) is 4.53. The molecule has 0 spiro atoms. The Kier molecular flexibility index (Phi) is 5.33. The standard InChI is InChI=1S/C18H21F3N4O/c1-25-9-3-6-16(25)14-11-15(24-23-14)17(26)22-8-7-12-4-2-5-13(10-12)18(19,20)21/h2-6,9-10,14-15,23-24H,7-8,11H2,1H3,(H,22,26). The average Bonchev–Trinajstić information content (AvgIpc) is 3.23. The normalized spacial score (nSPS) is 20.3. The maximum atomic E-state index is 12.7.